The average Bonchev–Trinajstić information content (AvgIpc) is 3.05. The number of hydrogen-bond donors (Lipinski definition) is 2. The number of thiazole rings is 1. The van der Waals surface area contributed by atoms with Crippen LogP contribution in [0.2, 0.25) is 0 Å². The second-order valence-corrected chi connectivity index (χ2v) is 4.95. The van der Waals surface area contributed by atoms with Gasteiger partial charge in [0.2, 0.25) is 0 Å². The number of hydrogen-bond acceptors (Lipinski definition) is 4. The van der Waals surface area contributed by atoms with Crippen molar-refractivity contribution in [3.63, 3.8) is 0 Å². The first-order valence-corrected chi connectivity index (χ1v) is 6.99. The lowest BCUT2D eigenvalue weighted by atomic mass is 10.5. The first-order valence-electron chi connectivity index (χ1n) is 6.11. The maximum atomic E-state index is 4.40. The minimum absolute atomic E-state index is 0. The van der Waals surface area contributed by atoms with Crippen LogP contribution >= 0.6 is 35.3 Å². The van der Waals surface area contributed by atoms with Gasteiger partial charge in [0.1, 0.15) is 5.01 Å². The molecule has 0 aromatic carbocycles. The van der Waals surface area contributed by atoms with Gasteiger partial charge in [-0.05, 0) is 13.0 Å². The van der Waals surface area contributed by atoms with E-state index in [-0.39, 0.29) is 24.0 Å². The summed E-state index contributed by atoms with van der Waals surface area (Å²) in [5.74, 6) is 0.778. The number of halogens is 1. The summed E-state index contributed by atoms with van der Waals surface area (Å²) in [6.45, 7) is 4.28. The van der Waals surface area contributed by atoms with Gasteiger partial charge in [-0.15, -0.1) is 35.3 Å². The fourth-order valence-corrected chi connectivity index (χ4v) is 2.30. The van der Waals surface area contributed by atoms with Crippen molar-refractivity contribution in [2.75, 3.05) is 13.6 Å². The van der Waals surface area contributed by atoms with Crippen molar-refractivity contribution >= 4 is 41.3 Å². The number of rotatable bonds is 5. The number of nitrogens with zero attached hydrogens (tertiary/aromatic N) is 4. The Morgan fingerprint density at radius 1 is 1.45 bits per heavy atom. The van der Waals surface area contributed by atoms with E-state index < -0.39 is 0 Å². The summed E-state index contributed by atoms with van der Waals surface area (Å²) < 4.78 is 1.88. The van der Waals surface area contributed by atoms with Crippen LogP contribution in [0, 0.1) is 6.92 Å². The van der Waals surface area contributed by atoms with Gasteiger partial charge >= 0.3 is 0 Å². The van der Waals surface area contributed by atoms with Crippen LogP contribution in [0.15, 0.2) is 28.8 Å². The second-order valence-electron chi connectivity index (χ2n) is 4.00. The molecule has 2 aromatic rings. The molecule has 2 aromatic heterocycles. The summed E-state index contributed by atoms with van der Waals surface area (Å²) in [7, 11) is 1.76. The molecular formula is C12H19IN6S. The van der Waals surface area contributed by atoms with Crippen molar-refractivity contribution in [1.82, 2.24) is 25.4 Å². The lowest BCUT2D eigenvalue weighted by Gasteiger charge is -2.10. The fourth-order valence-electron chi connectivity index (χ4n) is 1.59. The van der Waals surface area contributed by atoms with Crippen molar-refractivity contribution in [2.24, 2.45) is 4.99 Å². The average molecular weight is 406 g/mol. The van der Waals surface area contributed by atoms with Crippen molar-refractivity contribution in [3.8, 4) is 0 Å². The van der Waals surface area contributed by atoms with Gasteiger partial charge in [-0.25, -0.2) is 4.98 Å². The molecule has 0 amide bonds. The van der Waals surface area contributed by atoms with Crippen LogP contribution < -0.4 is 10.6 Å². The molecule has 2 heterocycles. The molecule has 0 atom stereocenters. The van der Waals surface area contributed by atoms with E-state index in [2.05, 4.69) is 25.7 Å². The molecule has 2 N–H and O–H groups in total. The van der Waals surface area contributed by atoms with Crippen LogP contribution in [0.25, 0.3) is 0 Å². The molecule has 0 fully saturated rings. The van der Waals surface area contributed by atoms with Crippen LogP contribution in [0.1, 0.15) is 10.7 Å². The third-order valence-electron chi connectivity index (χ3n) is 2.49. The molecule has 0 saturated heterocycles. The number of aliphatic imine (C=N–C) groups is 1. The smallest absolute Gasteiger partial charge is 0.191 e. The number of nitrogens with one attached hydrogen (secondary N) is 2. The van der Waals surface area contributed by atoms with E-state index in [1.54, 1.807) is 24.6 Å². The second kappa shape index (κ2) is 8.90. The zero-order valence-electron chi connectivity index (χ0n) is 11.5. The molecule has 110 valence electrons. The highest BCUT2D eigenvalue weighted by molar-refractivity contribution is 14.0. The normalized spacial score (nSPS) is 11.0. The van der Waals surface area contributed by atoms with Crippen LogP contribution in [-0.4, -0.2) is 34.3 Å². The Morgan fingerprint density at radius 3 is 2.90 bits per heavy atom. The molecule has 0 bridgehead atoms. The highest BCUT2D eigenvalue weighted by Gasteiger charge is 2.01. The van der Waals surface area contributed by atoms with E-state index in [9.17, 15) is 0 Å². The molecule has 20 heavy (non-hydrogen) atoms. The largest absolute Gasteiger partial charge is 0.355 e. The third kappa shape index (κ3) is 5.45. The van der Waals surface area contributed by atoms with Gasteiger partial charge in [0.25, 0.3) is 0 Å². The van der Waals surface area contributed by atoms with Crippen molar-refractivity contribution in [3.05, 3.63) is 34.5 Å². The molecular weight excluding hydrogens is 387 g/mol. The monoisotopic (exact) mass is 406 g/mol. The summed E-state index contributed by atoms with van der Waals surface area (Å²) in [6, 6.07) is 1.91. The van der Waals surface area contributed by atoms with Gasteiger partial charge in [0, 0.05) is 37.1 Å². The van der Waals surface area contributed by atoms with Crippen LogP contribution in [0.3, 0.4) is 0 Å². The van der Waals surface area contributed by atoms with Gasteiger partial charge in [-0.3, -0.25) is 9.67 Å². The van der Waals surface area contributed by atoms with Gasteiger partial charge in [-0.2, -0.15) is 5.10 Å². The van der Waals surface area contributed by atoms with Gasteiger partial charge < -0.3 is 10.6 Å². The van der Waals surface area contributed by atoms with Gasteiger partial charge in [0.05, 0.1) is 13.1 Å². The molecule has 0 unspecified atom stereocenters. The molecule has 0 spiro atoms. The van der Waals surface area contributed by atoms with Crippen molar-refractivity contribution in [2.45, 2.75) is 20.0 Å². The summed E-state index contributed by atoms with van der Waals surface area (Å²) in [4.78, 5) is 8.57. The van der Waals surface area contributed by atoms with E-state index in [0.717, 1.165) is 29.8 Å². The summed E-state index contributed by atoms with van der Waals surface area (Å²) >= 11 is 1.65. The van der Waals surface area contributed by atoms with Crippen molar-refractivity contribution < 1.29 is 0 Å². The Morgan fingerprint density at radius 2 is 2.30 bits per heavy atom. The van der Waals surface area contributed by atoms with E-state index in [1.807, 2.05) is 29.2 Å². The molecule has 0 aliphatic heterocycles. The fraction of sp³-hybridized carbons (Fsp3) is 0.417. The molecule has 8 heteroatoms. The minimum Gasteiger partial charge on any atom is -0.355 e. The summed E-state index contributed by atoms with van der Waals surface area (Å²) in [5, 5.41) is 13.7. The Bertz CT molecular complexity index is 522. The lowest BCUT2D eigenvalue weighted by Crippen LogP contribution is -2.38. The Labute approximate surface area is 139 Å². The Balaban J connectivity index is 0.00000200. The van der Waals surface area contributed by atoms with Gasteiger partial charge in [0.15, 0.2) is 5.96 Å². The third-order valence-corrected chi connectivity index (χ3v) is 3.46. The first-order chi connectivity index (χ1) is 9.28. The molecule has 0 radical (unpaired) electrons. The molecule has 0 aliphatic rings. The lowest BCUT2D eigenvalue weighted by molar-refractivity contribution is 0.597. The molecule has 0 saturated carbocycles. The van der Waals surface area contributed by atoms with E-state index in [0.29, 0.717) is 6.54 Å². The highest BCUT2D eigenvalue weighted by Crippen LogP contribution is 2.07. The number of aryl methyl sites for hydroxylation is 1. The maximum Gasteiger partial charge on any atom is 0.191 e. The SMILES string of the molecule is CN=C(NCCn1cccn1)NCc1nc(C)cs1.I. The van der Waals surface area contributed by atoms with E-state index in [1.165, 1.54) is 0 Å². The zero-order chi connectivity index (χ0) is 13.5. The first kappa shape index (κ1) is 16.9. The van der Waals surface area contributed by atoms with Gasteiger partial charge in [-0.1, -0.05) is 0 Å². The zero-order valence-corrected chi connectivity index (χ0v) is 14.7. The summed E-state index contributed by atoms with van der Waals surface area (Å²) in [6.07, 6.45) is 3.72. The minimum atomic E-state index is 0. The molecule has 0 aliphatic carbocycles. The predicted molar refractivity (Wildman–Crippen MR) is 92.7 cm³/mol. The predicted octanol–water partition coefficient (Wildman–Crippen LogP) is 1.63. The Kier molecular flexibility index (Phi) is 7.52. The number of aromatic nitrogens is 3. The molecule has 2 rings (SSSR count). The highest BCUT2D eigenvalue weighted by atomic mass is 127. The summed E-state index contributed by atoms with van der Waals surface area (Å²) in [5.41, 5.74) is 1.06. The van der Waals surface area contributed by atoms with Crippen molar-refractivity contribution in [1.29, 1.82) is 0 Å². The maximum absolute atomic E-state index is 4.40. The van der Waals surface area contributed by atoms with E-state index in [4.69, 9.17) is 0 Å². The topological polar surface area (TPSA) is 67.1 Å². The van der Waals surface area contributed by atoms with Crippen LogP contribution in [-0.2, 0) is 13.1 Å². The Hall–Kier alpha value is -1.16. The quantitative estimate of drug-likeness (QED) is 0.450. The molecule has 6 nitrogen and oxygen atoms in total. The number of guanidine groups is 1. The van der Waals surface area contributed by atoms with E-state index >= 15 is 0 Å². The van der Waals surface area contributed by atoms with Crippen LogP contribution in [0.5, 0.6) is 0 Å². The standard InChI is InChI=1S/C12H18N6S.HI/c1-10-9-19-11(17-10)8-15-12(13-2)14-5-7-18-6-3-4-16-18;/h3-4,6,9H,5,7-8H2,1-2H3,(H2,13,14,15);1H. The van der Waals surface area contributed by atoms with Crippen LogP contribution in [0.4, 0.5) is 0 Å².